The van der Waals surface area contributed by atoms with Crippen LogP contribution in [0.5, 0.6) is 5.75 Å². The number of rotatable bonds is 6. The van der Waals surface area contributed by atoms with Crippen LogP contribution in [0.25, 0.3) is 0 Å². The number of aromatic nitrogens is 3. The zero-order valence-corrected chi connectivity index (χ0v) is 19.7. The van der Waals surface area contributed by atoms with E-state index in [9.17, 15) is 9.59 Å². The Morgan fingerprint density at radius 2 is 1.83 bits per heavy atom. The fourth-order valence-corrected chi connectivity index (χ4v) is 4.62. The first-order chi connectivity index (χ1) is 17.1. The number of hydrogen-bond donors (Lipinski definition) is 1. The molecule has 0 spiro atoms. The van der Waals surface area contributed by atoms with E-state index in [0.717, 1.165) is 16.9 Å². The van der Waals surface area contributed by atoms with Gasteiger partial charge in [-0.15, -0.1) is 5.10 Å². The second-order valence-electron chi connectivity index (χ2n) is 8.91. The van der Waals surface area contributed by atoms with Crippen LogP contribution in [-0.2, 0) is 29.2 Å². The van der Waals surface area contributed by atoms with Crippen molar-refractivity contribution in [3.05, 3.63) is 77.1 Å². The number of carbonyl (C=O) groups excluding carboxylic acids is 2. The maximum Gasteiger partial charge on any atom is 0.276 e. The molecule has 1 N–H and O–H groups in total. The van der Waals surface area contributed by atoms with Crippen LogP contribution in [0.4, 0.5) is 0 Å². The van der Waals surface area contributed by atoms with Crippen molar-refractivity contribution in [3.63, 3.8) is 0 Å². The first-order valence-electron chi connectivity index (χ1n) is 11.9. The number of amides is 2. The predicted octanol–water partition coefficient (Wildman–Crippen LogP) is 2.73. The highest BCUT2D eigenvalue weighted by atomic mass is 16.5. The molecule has 0 bridgehead atoms. The third kappa shape index (κ3) is 5.05. The molecule has 1 unspecified atom stereocenters. The molecular formula is C26H29N5O4. The monoisotopic (exact) mass is 475 g/mol. The highest BCUT2D eigenvalue weighted by molar-refractivity contribution is 5.93. The molecule has 2 aromatic carbocycles. The highest BCUT2D eigenvalue weighted by Crippen LogP contribution is 2.29. The van der Waals surface area contributed by atoms with Crippen molar-refractivity contribution in [1.29, 1.82) is 0 Å². The SMILES string of the molecule is COc1ccc(C2Cn3nnc(C(=O)N4CCC(C(=O)NCc5ccccc5)CC4)c3CO2)cc1. The van der Waals surface area contributed by atoms with E-state index in [0.29, 0.717) is 50.4 Å². The van der Waals surface area contributed by atoms with Gasteiger partial charge >= 0.3 is 0 Å². The third-order valence-corrected chi connectivity index (χ3v) is 6.75. The van der Waals surface area contributed by atoms with Gasteiger partial charge in [0.1, 0.15) is 11.9 Å². The van der Waals surface area contributed by atoms with Crippen molar-refractivity contribution in [2.75, 3.05) is 20.2 Å². The van der Waals surface area contributed by atoms with Gasteiger partial charge in [-0.25, -0.2) is 4.68 Å². The molecule has 5 rings (SSSR count). The van der Waals surface area contributed by atoms with Crippen molar-refractivity contribution in [2.24, 2.45) is 5.92 Å². The van der Waals surface area contributed by atoms with Crippen LogP contribution in [0.2, 0.25) is 0 Å². The van der Waals surface area contributed by atoms with E-state index in [1.54, 1.807) is 16.7 Å². The van der Waals surface area contributed by atoms with Gasteiger partial charge in [-0.1, -0.05) is 47.7 Å². The van der Waals surface area contributed by atoms with Gasteiger partial charge in [0.2, 0.25) is 5.91 Å². The minimum Gasteiger partial charge on any atom is -0.497 e. The van der Waals surface area contributed by atoms with E-state index in [1.165, 1.54) is 0 Å². The molecule has 3 aromatic rings. The van der Waals surface area contributed by atoms with Crippen molar-refractivity contribution >= 4 is 11.8 Å². The van der Waals surface area contributed by atoms with Crippen LogP contribution < -0.4 is 10.1 Å². The largest absolute Gasteiger partial charge is 0.497 e. The number of fused-ring (bicyclic) bond motifs is 1. The third-order valence-electron chi connectivity index (χ3n) is 6.75. The molecule has 2 aliphatic rings. The standard InChI is InChI=1S/C26H29N5O4/c1-34-21-9-7-19(8-10-21)23-16-31-22(17-35-23)24(28-29-31)26(33)30-13-11-20(12-14-30)25(32)27-15-18-5-3-2-4-6-18/h2-10,20,23H,11-17H2,1H3,(H,27,32). The van der Waals surface area contributed by atoms with Crippen LogP contribution >= 0.6 is 0 Å². The van der Waals surface area contributed by atoms with Gasteiger partial charge in [0.05, 0.1) is 26.0 Å². The average molecular weight is 476 g/mol. The minimum absolute atomic E-state index is 0.0416. The minimum atomic E-state index is -0.164. The first kappa shape index (κ1) is 23.0. The normalized spacial score (nSPS) is 18.1. The molecule has 2 aliphatic heterocycles. The lowest BCUT2D eigenvalue weighted by Crippen LogP contribution is -2.43. The molecule has 3 heterocycles. The zero-order valence-electron chi connectivity index (χ0n) is 19.7. The molecular weight excluding hydrogens is 446 g/mol. The summed E-state index contributed by atoms with van der Waals surface area (Å²) in [7, 11) is 1.63. The van der Waals surface area contributed by atoms with E-state index in [2.05, 4.69) is 15.6 Å². The molecule has 1 atom stereocenters. The smallest absolute Gasteiger partial charge is 0.276 e. The Labute approximate surface area is 204 Å². The average Bonchev–Trinajstić information content (AvgIpc) is 3.35. The number of hydrogen-bond acceptors (Lipinski definition) is 6. The summed E-state index contributed by atoms with van der Waals surface area (Å²) in [6.45, 7) is 2.31. The number of nitrogens with zero attached hydrogens (tertiary/aromatic N) is 4. The number of methoxy groups -OCH3 is 1. The summed E-state index contributed by atoms with van der Waals surface area (Å²) in [5.41, 5.74) is 3.13. The summed E-state index contributed by atoms with van der Waals surface area (Å²) in [5, 5.41) is 11.4. The molecule has 35 heavy (non-hydrogen) atoms. The van der Waals surface area contributed by atoms with Crippen LogP contribution in [0, 0.1) is 5.92 Å². The summed E-state index contributed by atoms with van der Waals surface area (Å²) in [6.07, 6.45) is 1.10. The van der Waals surface area contributed by atoms with Crippen LogP contribution in [0.1, 0.15) is 46.3 Å². The summed E-state index contributed by atoms with van der Waals surface area (Å²) >= 11 is 0. The van der Waals surface area contributed by atoms with Gasteiger partial charge < -0.3 is 19.7 Å². The van der Waals surface area contributed by atoms with Gasteiger partial charge in [-0.3, -0.25) is 9.59 Å². The molecule has 9 heteroatoms. The highest BCUT2D eigenvalue weighted by Gasteiger charge is 2.33. The fourth-order valence-electron chi connectivity index (χ4n) is 4.62. The van der Waals surface area contributed by atoms with Crippen molar-refractivity contribution in [3.8, 4) is 5.75 Å². The van der Waals surface area contributed by atoms with E-state index < -0.39 is 0 Å². The van der Waals surface area contributed by atoms with E-state index >= 15 is 0 Å². The molecule has 1 fully saturated rings. The van der Waals surface area contributed by atoms with Crippen LogP contribution in [0.15, 0.2) is 54.6 Å². The van der Waals surface area contributed by atoms with Crippen LogP contribution in [0.3, 0.4) is 0 Å². The Morgan fingerprint density at radius 1 is 1.09 bits per heavy atom. The van der Waals surface area contributed by atoms with Crippen LogP contribution in [-0.4, -0.2) is 51.9 Å². The number of piperidine rings is 1. The number of likely N-dealkylation sites (tertiary alicyclic amines) is 1. The van der Waals surface area contributed by atoms with Gasteiger partial charge in [-0.2, -0.15) is 0 Å². The van der Waals surface area contributed by atoms with Gasteiger partial charge in [0.15, 0.2) is 5.69 Å². The number of carbonyl (C=O) groups is 2. The molecule has 1 saturated heterocycles. The predicted molar refractivity (Wildman–Crippen MR) is 127 cm³/mol. The lowest BCUT2D eigenvalue weighted by atomic mass is 9.95. The Balaban J connectivity index is 1.16. The summed E-state index contributed by atoms with van der Waals surface area (Å²) in [5.74, 6) is 0.586. The van der Waals surface area contributed by atoms with Crippen molar-refractivity contribution in [2.45, 2.75) is 38.6 Å². The first-order valence-corrected chi connectivity index (χ1v) is 11.9. The molecule has 182 valence electrons. The Hall–Kier alpha value is -3.72. The second-order valence-corrected chi connectivity index (χ2v) is 8.91. The van der Waals surface area contributed by atoms with E-state index in [1.807, 2.05) is 54.6 Å². The Bertz CT molecular complexity index is 1170. The lowest BCUT2D eigenvalue weighted by molar-refractivity contribution is -0.126. The maximum atomic E-state index is 13.2. The van der Waals surface area contributed by atoms with Crippen molar-refractivity contribution < 1.29 is 19.1 Å². The molecule has 2 amide bonds. The van der Waals surface area contributed by atoms with Crippen molar-refractivity contribution in [1.82, 2.24) is 25.2 Å². The molecule has 9 nitrogen and oxygen atoms in total. The summed E-state index contributed by atoms with van der Waals surface area (Å²) in [6, 6.07) is 17.6. The van der Waals surface area contributed by atoms with E-state index in [4.69, 9.17) is 9.47 Å². The second kappa shape index (κ2) is 10.3. The Morgan fingerprint density at radius 3 is 2.54 bits per heavy atom. The zero-order chi connectivity index (χ0) is 24.2. The Kier molecular flexibility index (Phi) is 6.76. The van der Waals surface area contributed by atoms with Gasteiger partial charge in [0.25, 0.3) is 5.91 Å². The lowest BCUT2D eigenvalue weighted by Gasteiger charge is -2.31. The number of ether oxygens (including phenoxy) is 2. The maximum absolute atomic E-state index is 13.2. The number of benzene rings is 2. The fraction of sp³-hybridized carbons (Fsp3) is 0.385. The summed E-state index contributed by atoms with van der Waals surface area (Å²) in [4.78, 5) is 27.5. The van der Waals surface area contributed by atoms with Gasteiger partial charge in [-0.05, 0) is 36.1 Å². The molecule has 0 saturated carbocycles. The topological polar surface area (TPSA) is 98.6 Å². The van der Waals surface area contributed by atoms with E-state index in [-0.39, 0.29) is 30.4 Å². The molecule has 1 aromatic heterocycles. The van der Waals surface area contributed by atoms with Gasteiger partial charge in [0, 0.05) is 25.6 Å². The summed E-state index contributed by atoms with van der Waals surface area (Å²) < 4.78 is 13.0. The number of nitrogens with one attached hydrogen (secondary N) is 1. The molecule has 0 aliphatic carbocycles. The molecule has 0 radical (unpaired) electrons. The quantitative estimate of drug-likeness (QED) is 0.589.